The van der Waals surface area contributed by atoms with Gasteiger partial charge in [0.05, 0.1) is 38.6 Å². The number of hydrogen-bond acceptors (Lipinski definition) is 12. The predicted molar refractivity (Wildman–Crippen MR) is 173 cm³/mol. The molecule has 0 aromatic carbocycles. The van der Waals surface area contributed by atoms with Gasteiger partial charge in [-0.25, -0.2) is 0 Å². The summed E-state index contributed by atoms with van der Waals surface area (Å²) in [6, 6.07) is 1.41. The summed E-state index contributed by atoms with van der Waals surface area (Å²) in [5.74, 6) is 0.559. The molecule has 0 spiro atoms. The number of nitrogens with zero attached hydrogens (tertiary/aromatic N) is 2. The Hall–Kier alpha value is -0.0462. The van der Waals surface area contributed by atoms with Crippen molar-refractivity contribution >= 4 is 17.6 Å². The molecule has 0 saturated heterocycles. The first-order chi connectivity index (χ1) is 20.2. The minimum absolute atomic E-state index is 0.243. The quantitative estimate of drug-likeness (QED) is 0.120. The predicted octanol–water partition coefficient (Wildman–Crippen LogP) is 2.44. The molecular weight excluding hydrogens is 592 g/mol. The molecule has 0 heterocycles. The van der Waals surface area contributed by atoms with Crippen molar-refractivity contribution in [2.45, 2.75) is 65.8 Å². The summed E-state index contributed by atoms with van der Waals surface area (Å²) in [6.45, 7) is 18.2. The zero-order valence-electron chi connectivity index (χ0n) is 29.3. The van der Waals surface area contributed by atoms with Crippen molar-refractivity contribution in [3.63, 3.8) is 0 Å². The Balaban J connectivity index is 4.50. The molecule has 0 aromatic heterocycles. The van der Waals surface area contributed by atoms with Crippen molar-refractivity contribution < 1.29 is 46.2 Å². The van der Waals surface area contributed by atoms with E-state index in [2.05, 4.69) is 51.3 Å². The van der Waals surface area contributed by atoms with Crippen molar-refractivity contribution in [2.24, 2.45) is 17.3 Å². The number of hydrogen-bond donors (Lipinski definition) is 2. The van der Waals surface area contributed by atoms with E-state index in [1.54, 1.807) is 42.7 Å². The number of aliphatic hydroxyl groups excluding tert-OH is 2. The van der Waals surface area contributed by atoms with Gasteiger partial charge in [-0.2, -0.15) is 0 Å². The van der Waals surface area contributed by atoms with Gasteiger partial charge in [-0.3, -0.25) is 0 Å². The van der Waals surface area contributed by atoms with Gasteiger partial charge >= 0.3 is 17.6 Å². The molecule has 0 aliphatic rings. The van der Waals surface area contributed by atoms with Crippen LogP contribution in [0.3, 0.4) is 0 Å². The molecule has 0 amide bonds. The number of likely N-dealkylation sites (N-methyl/N-ethyl adjacent to an activating group) is 2. The van der Waals surface area contributed by atoms with E-state index in [4.69, 9.17) is 36.0 Å². The maximum atomic E-state index is 10.6. The van der Waals surface area contributed by atoms with Crippen LogP contribution >= 0.6 is 0 Å². The third-order valence-electron chi connectivity index (χ3n) is 7.64. The first-order valence-corrected chi connectivity index (χ1v) is 19.4. The molecule has 0 saturated carbocycles. The average Bonchev–Trinajstić information content (AvgIpc) is 2.97. The highest BCUT2D eigenvalue weighted by Crippen LogP contribution is 2.22. The fourth-order valence-corrected chi connectivity index (χ4v) is 9.18. The van der Waals surface area contributed by atoms with Gasteiger partial charge < -0.3 is 56.0 Å². The summed E-state index contributed by atoms with van der Waals surface area (Å²) in [5.41, 5.74) is -0.264. The lowest BCUT2D eigenvalue weighted by atomic mass is 9.96. The van der Waals surface area contributed by atoms with E-state index in [0.717, 1.165) is 26.2 Å². The molecule has 2 N–H and O–H groups in total. The Morgan fingerprint density at radius 2 is 0.884 bits per heavy atom. The van der Waals surface area contributed by atoms with E-state index in [1.165, 1.54) is 0 Å². The van der Waals surface area contributed by atoms with E-state index in [-0.39, 0.29) is 30.5 Å². The van der Waals surface area contributed by atoms with E-state index in [0.29, 0.717) is 38.4 Å². The first kappa shape index (κ1) is 43.0. The standard InChI is InChI=1S/C29H66N2O10Si2/c1-13-30(15-25(3)21-42(34-7,35-8)36-9)17-27(32)19-40-23-29(5,6)24-41-20-28(33)18-31(14-2)16-26(4)22-43(37-10,38-11)39-12/h25-28,32-33H,13-24H2,1-12H3. The van der Waals surface area contributed by atoms with Crippen LogP contribution < -0.4 is 0 Å². The number of aliphatic hydroxyl groups is 2. The lowest BCUT2D eigenvalue weighted by Gasteiger charge is -2.31. The highest BCUT2D eigenvalue weighted by molar-refractivity contribution is 6.61. The third-order valence-corrected chi connectivity index (χ3v) is 13.8. The van der Waals surface area contributed by atoms with Gasteiger partial charge in [0.15, 0.2) is 0 Å². The molecule has 12 nitrogen and oxygen atoms in total. The average molecular weight is 659 g/mol. The topological polar surface area (TPSA) is 121 Å². The minimum Gasteiger partial charge on any atom is -0.389 e. The summed E-state index contributed by atoms with van der Waals surface area (Å²) in [7, 11) is 4.48. The molecule has 260 valence electrons. The molecule has 0 radical (unpaired) electrons. The van der Waals surface area contributed by atoms with Crippen molar-refractivity contribution in [3.8, 4) is 0 Å². The van der Waals surface area contributed by atoms with Crippen LogP contribution in [0.5, 0.6) is 0 Å². The van der Waals surface area contributed by atoms with E-state index in [1.807, 2.05) is 0 Å². The highest BCUT2D eigenvalue weighted by atomic mass is 28.4. The lowest BCUT2D eigenvalue weighted by Crippen LogP contribution is -2.46. The fourth-order valence-electron chi connectivity index (χ4n) is 5.22. The summed E-state index contributed by atoms with van der Waals surface area (Å²) in [5, 5.41) is 21.3. The van der Waals surface area contributed by atoms with E-state index in [9.17, 15) is 10.2 Å². The molecule has 0 aromatic rings. The van der Waals surface area contributed by atoms with Crippen LogP contribution in [-0.2, 0) is 36.0 Å². The van der Waals surface area contributed by atoms with Crippen LogP contribution in [0, 0.1) is 17.3 Å². The minimum atomic E-state index is -2.64. The normalized spacial score (nSPS) is 16.2. The van der Waals surface area contributed by atoms with Gasteiger partial charge in [-0.05, 0) is 24.9 Å². The Morgan fingerprint density at radius 3 is 1.14 bits per heavy atom. The SMILES string of the molecule is CCN(CC(C)C[Si](OC)(OC)OC)CC(O)COCC(C)(C)COCC(O)CN(CC)CC(C)C[Si](OC)(OC)OC. The third kappa shape index (κ3) is 17.4. The molecule has 43 heavy (non-hydrogen) atoms. The highest BCUT2D eigenvalue weighted by Gasteiger charge is 2.40. The Labute approximate surface area is 264 Å². The molecule has 0 rings (SSSR count). The molecule has 14 heteroatoms. The smallest absolute Gasteiger partial charge is 0.389 e. The summed E-state index contributed by atoms with van der Waals surface area (Å²) in [6.07, 6.45) is -1.21. The monoisotopic (exact) mass is 658 g/mol. The largest absolute Gasteiger partial charge is 0.500 e. The van der Waals surface area contributed by atoms with Crippen LogP contribution in [0.1, 0.15) is 41.5 Å². The maximum absolute atomic E-state index is 10.6. The molecule has 0 aliphatic heterocycles. The van der Waals surface area contributed by atoms with Crippen molar-refractivity contribution in [3.05, 3.63) is 0 Å². The second-order valence-electron chi connectivity index (χ2n) is 12.4. The summed E-state index contributed by atoms with van der Waals surface area (Å²) < 4.78 is 45.1. The van der Waals surface area contributed by atoms with Crippen LogP contribution in [0.4, 0.5) is 0 Å². The fraction of sp³-hybridized carbons (Fsp3) is 1.00. The molecule has 0 bridgehead atoms. The molecule has 0 fully saturated rings. The molecule has 4 atom stereocenters. The Bertz CT molecular complexity index is 619. The summed E-state index contributed by atoms with van der Waals surface area (Å²) in [4.78, 5) is 4.42. The van der Waals surface area contributed by atoms with Gasteiger partial charge in [0.2, 0.25) is 0 Å². The van der Waals surface area contributed by atoms with Crippen LogP contribution in [0.2, 0.25) is 12.1 Å². The van der Waals surface area contributed by atoms with Crippen molar-refractivity contribution in [2.75, 3.05) is 108 Å². The van der Waals surface area contributed by atoms with Crippen molar-refractivity contribution in [1.82, 2.24) is 9.80 Å². The van der Waals surface area contributed by atoms with Gasteiger partial charge in [0.1, 0.15) is 0 Å². The zero-order valence-corrected chi connectivity index (χ0v) is 31.3. The second-order valence-corrected chi connectivity index (χ2v) is 18.4. The number of ether oxygens (including phenoxy) is 2. The van der Waals surface area contributed by atoms with Crippen LogP contribution in [0.15, 0.2) is 0 Å². The maximum Gasteiger partial charge on any atom is 0.500 e. The molecule has 4 unspecified atom stereocenters. The summed E-state index contributed by atoms with van der Waals surface area (Å²) >= 11 is 0. The first-order valence-electron chi connectivity index (χ1n) is 15.5. The van der Waals surface area contributed by atoms with Gasteiger partial charge in [0.25, 0.3) is 0 Å². The Morgan fingerprint density at radius 1 is 0.581 bits per heavy atom. The van der Waals surface area contributed by atoms with Crippen molar-refractivity contribution in [1.29, 1.82) is 0 Å². The van der Waals surface area contributed by atoms with Gasteiger partial charge in [-0.1, -0.05) is 41.5 Å². The molecular formula is C29H66N2O10Si2. The molecule has 0 aliphatic carbocycles. The lowest BCUT2D eigenvalue weighted by molar-refractivity contribution is -0.0530. The van der Waals surface area contributed by atoms with E-state index >= 15 is 0 Å². The van der Waals surface area contributed by atoms with Crippen LogP contribution in [0.25, 0.3) is 0 Å². The number of rotatable bonds is 28. The van der Waals surface area contributed by atoms with E-state index < -0.39 is 29.8 Å². The second kappa shape index (κ2) is 22.5. The van der Waals surface area contributed by atoms with Gasteiger partial charge in [0, 0.05) is 86.3 Å². The zero-order chi connectivity index (χ0) is 33.1. The van der Waals surface area contributed by atoms with Crippen LogP contribution in [-0.4, -0.2) is 158 Å². The Kier molecular flexibility index (Phi) is 22.5. The van der Waals surface area contributed by atoms with Gasteiger partial charge in [-0.15, -0.1) is 0 Å².